The van der Waals surface area contributed by atoms with Gasteiger partial charge in [-0.1, -0.05) is 26.7 Å². The first-order valence-corrected chi connectivity index (χ1v) is 5.44. The van der Waals surface area contributed by atoms with Crippen LogP contribution in [0.3, 0.4) is 0 Å². The molecule has 62 valence electrons. The second-order valence-electron chi connectivity index (χ2n) is 2.15. The van der Waals surface area contributed by atoms with Gasteiger partial charge in [0.05, 0.1) is 5.69 Å². The maximum atomic E-state index is 7.00. The number of hydrogen-bond acceptors (Lipinski definition) is 4. The first-order valence-electron chi connectivity index (χ1n) is 4.62. The van der Waals surface area contributed by atoms with Crippen molar-refractivity contribution in [2.24, 2.45) is 0 Å². The largest absolute Gasteiger partial charge is 0.361 e. The van der Waals surface area contributed by atoms with Crippen molar-refractivity contribution >= 4 is 21.6 Å². The molecule has 1 aromatic heterocycles. The Balaban J connectivity index is 2.46. The van der Waals surface area contributed by atoms with Gasteiger partial charge >= 0.3 is 0 Å². The summed E-state index contributed by atoms with van der Waals surface area (Å²) in [6.07, 6.45) is -1.94. The van der Waals surface area contributed by atoms with Crippen LogP contribution in [0.15, 0.2) is 4.52 Å². The first kappa shape index (κ1) is 5.54. The summed E-state index contributed by atoms with van der Waals surface area (Å²) in [5.74, 6) is 1.38. The zero-order valence-corrected chi connectivity index (χ0v) is 8.01. The van der Waals surface area contributed by atoms with E-state index in [1.165, 1.54) is 10.8 Å². The number of aryl methyl sites for hydroxylation is 2. The van der Waals surface area contributed by atoms with E-state index in [1.54, 1.807) is 0 Å². The molecule has 0 aromatic carbocycles. The normalized spacial score (nSPS) is 15.6. The molecule has 0 aliphatic rings. The van der Waals surface area contributed by atoms with E-state index < -0.39 is 6.18 Å². The Hall–Kier alpha value is -0.0900. The smallest absolute Gasteiger partial charge is 0.137 e. The average Bonchev–Trinajstić information content (AvgIpc) is 2.33. The molecular weight excluding hydrogens is 178 g/mol. The van der Waals surface area contributed by atoms with E-state index in [0.29, 0.717) is 5.75 Å². The molecule has 0 amide bonds. The average molecular weight is 192 g/mol. The zero-order chi connectivity index (χ0) is 10.8. The highest BCUT2D eigenvalue weighted by molar-refractivity contribution is 8.76. The van der Waals surface area contributed by atoms with Gasteiger partial charge in [0.15, 0.2) is 0 Å². The molecule has 0 aliphatic heterocycles. The molecular formula is C7H11NOS2. The number of nitrogens with zero attached hydrogens (tertiary/aromatic N) is 1. The quantitative estimate of drug-likeness (QED) is 0.688. The second-order valence-corrected chi connectivity index (χ2v) is 4.05. The summed E-state index contributed by atoms with van der Waals surface area (Å²) in [4.78, 5) is 0. The van der Waals surface area contributed by atoms with Crippen molar-refractivity contribution in [1.29, 1.82) is 0 Å². The monoisotopic (exact) mass is 192 g/mol. The van der Waals surface area contributed by atoms with Crippen LogP contribution in [0, 0.1) is 13.8 Å². The summed E-state index contributed by atoms with van der Waals surface area (Å²) >= 11 is 0. The van der Waals surface area contributed by atoms with Crippen LogP contribution in [-0.2, 0) is 5.75 Å². The van der Waals surface area contributed by atoms with Gasteiger partial charge in [0.1, 0.15) is 5.76 Å². The van der Waals surface area contributed by atoms with Crippen molar-refractivity contribution in [2.75, 3.05) is 6.18 Å². The zero-order valence-electron chi connectivity index (χ0n) is 9.38. The van der Waals surface area contributed by atoms with Gasteiger partial charge in [-0.25, -0.2) is 0 Å². The third kappa shape index (κ3) is 2.17. The van der Waals surface area contributed by atoms with Crippen LogP contribution in [-0.4, -0.2) is 11.3 Å². The van der Waals surface area contributed by atoms with Gasteiger partial charge < -0.3 is 4.52 Å². The van der Waals surface area contributed by atoms with Crippen LogP contribution in [0.2, 0.25) is 0 Å². The van der Waals surface area contributed by atoms with E-state index in [9.17, 15) is 0 Å². The molecule has 1 heterocycles. The van der Waals surface area contributed by atoms with Crippen LogP contribution >= 0.6 is 21.6 Å². The molecule has 0 saturated carbocycles. The van der Waals surface area contributed by atoms with Gasteiger partial charge in [-0.3, -0.25) is 0 Å². The third-order valence-corrected chi connectivity index (χ3v) is 2.67. The lowest BCUT2D eigenvalue weighted by atomic mass is 10.2. The first-order chi connectivity index (χ1) is 6.40. The summed E-state index contributed by atoms with van der Waals surface area (Å²) in [6, 6.07) is 0. The highest BCUT2D eigenvalue weighted by atomic mass is 33.1. The maximum absolute atomic E-state index is 7.00. The minimum Gasteiger partial charge on any atom is -0.361 e. The van der Waals surface area contributed by atoms with Crippen molar-refractivity contribution in [2.45, 2.75) is 19.6 Å². The molecule has 1 aromatic rings. The molecule has 11 heavy (non-hydrogen) atoms. The molecule has 4 heteroatoms. The van der Waals surface area contributed by atoms with E-state index in [-0.39, 0.29) is 0 Å². The molecule has 0 N–H and O–H groups in total. The lowest BCUT2D eigenvalue weighted by Crippen LogP contribution is -1.82. The fourth-order valence-corrected chi connectivity index (χ4v) is 1.92. The number of hydrogen-bond donors (Lipinski definition) is 0. The summed E-state index contributed by atoms with van der Waals surface area (Å²) in [7, 11) is 2.20. The van der Waals surface area contributed by atoms with Crippen molar-refractivity contribution in [3.63, 3.8) is 0 Å². The van der Waals surface area contributed by atoms with Gasteiger partial charge in [-0.2, -0.15) is 0 Å². The minimum absolute atomic E-state index is 0.615. The van der Waals surface area contributed by atoms with Gasteiger partial charge in [0.2, 0.25) is 0 Å². The lowest BCUT2D eigenvalue weighted by Gasteiger charge is -1.94. The molecule has 0 fully saturated rings. The van der Waals surface area contributed by atoms with Crippen LogP contribution in [0.25, 0.3) is 0 Å². The van der Waals surface area contributed by atoms with Gasteiger partial charge in [0, 0.05) is 15.4 Å². The van der Waals surface area contributed by atoms with Crippen LogP contribution < -0.4 is 0 Å². The Bertz CT molecular complexity index is 291. The minimum atomic E-state index is -1.94. The Morgan fingerprint density at radius 1 is 1.64 bits per heavy atom. The Morgan fingerprint density at radius 3 is 3.00 bits per heavy atom. The van der Waals surface area contributed by atoms with E-state index in [2.05, 4.69) is 5.16 Å². The number of rotatable bonds is 3. The van der Waals surface area contributed by atoms with E-state index in [4.69, 9.17) is 8.64 Å². The highest BCUT2D eigenvalue weighted by Gasteiger charge is 2.07. The molecule has 0 saturated heterocycles. The fraction of sp³-hybridized carbons (Fsp3) is 0.571. The second kappa shape index (κ2) is 4.07. The highest BCUT2D eigenvalue weighted by Crippen LogP contribution is 2.26. The summed E-state index contributed by atoms with van der Waals surface area (Å²) in [5.41, 5.74) is 1.83. The van der Waals surface area contributed by atoms with Crippen LogP contribution in [0.5, 0.6) is 0 Å². The van der Waals surface area contributed by atoms with Crippen LogP contribution in [0.1, 0.15) is 21.1 Å². The molecule has 1 rings (SSSR count). The topological polar surface area (TPSA) is 26.0 Å². The third-order valence-electron chi connectivity index (χ3n) is 1.44. The lowest BCUT2D eigenvalue weighted by molar-refractivity contribution is 0.392. The Morgan fingerprint density at radius 2 is 2.45 bits per heavy atom. The van der Waals surface area contributed by atoms with Gasteiger partial charge in [-0.05, 0) is 20.0 Å². The summed E-state index contributed by atoms with van der Waals surface area (Å²) in [6.45, 7) is 3.68. The van der Waals surface area contributed by atoms with Crippen molar-refractivity contribution < 1.29 is 8.64 Å². The predicted molar refractivity (Wildman–Crippen MR) is 50.8 cm³/mol. The molecule has 0 radical (unpaired) electrons. The van der Waals surface area contributed by atoms with E-state index in [1.807, 2.05) is 13.8 Å². The van der Waals surface area contributed by atoms with E-state index in [0.717, 1.165) is 27.8 Å². The molecule has 0 spiro atoms. The fourth-order valence-electron chi connectivity index (χ4n) is 0.796. The Kier molecular flexibility index (Phi) is 2.05. The summed E-state index contributed by atoms with van der Waals surface area (Å²) in [5, 5.41) is 3.79. The van der Waals surface area contributed by atoms with Gasteiger partial charge in [-0.15, -0.1) is 0 Å². The standard InChI is InChI=1S/C7H11NOS2/c1-5-7(4-11-10-3)6(2)9-8-5/h4H2,1-3H3/i3D3. The van der Waals surface area contributed by atoms with Crippen molar-refractivity contribution in [3.8, 4) is 0 Å². The molecule has 2 nitrogen and oxygen atoms in total. The predicted octanol–water partition coefficient (Wildman–Crippen LogP) is 2.80. The van der Waals surface area contributed by atoms with Crippen molar-refractivity contribution in [1.82, 2.24) is 5.16 Å². The molecule has 0 aliphatic carbocycles. The maximum Gasteiger partial charge on any atom is 0.137 e. The SMILES string of the molecule is [2H]C([2H])([2H])SSCc1c(C)noc1C. The summed E-state index contributed by atoms with van der Waals surface area (Å²) < 4.78 is 26.0. The molecule has 0 bridgehead atoms. The van der Waals surface area contributed by atoms with Crippen LogP contribution in [0.4, 0.5) is 0 Å². The van der Waals surface area contributed by atoms with E-state index >= 15 is 0 Å². The molecule has 0 atom stereocenters. The van der Waals surface area contributed by atoms with Crippen molar-refractivity contribution in [3.05, 3.63) is 17.0 Å². The Labute approximate surface area is 78.7 Å². The van der Waals surface area contributed by atoms with Gasteiger partial charge in [0.25, 0.3) is 0 Å². The molecule has 0 unspecified atom stereocenters. The number of aromatic nitrogens is 1.